The van der Waals surface area contributed by atoms with Gasteiger partial charge in [-0.3, -0.25) is 0 Å². The van der Waals surface area contributed by atoms with Crippen LogP contribution in [0, 0.1) is 0 Å². The molecule has 0 aromatic carbocycles. The average molecular weight is 199 g/mol. The van der Waals surface area contributed by atoms with Crippen LogP contribution in [0.3, 0.4) is 0 Å². The van der Waals surface area contributed by atoms with Gasteiger partial charge in [-0.05, 0) is 26.3 Å². The zero-order chi connectivity index (χ0) is 11.0. The molecule has 0 rings (SSSR count). The molecule has 0 N–H and O–H groups in total. The van der Waals surface area contributed by atoms with Crippen LogP contribution in [0.25, 0.3) is 0 Å². The Morgan fingerprint density at radius 3 is 2.50 bits per heavy atom. The van der Waals surface area contributed by atoms with Gasteiger partial charge in [-0.2, -0.15) is 0 Å². The van der Waals surface area contributed by atoms with Crippen molar-refractivity contribution >= 4 is 11.7 Å². The number of rotatable bonds is 5. The molecule has 80 valence electrons. The molecule has 4 nitrogen and oxygen atoms in total. The van der Waals surface area contributed by atoms with Gasteiger partial charge in [-0.1, -0.05) is 12.1 Å². The maximum atomic E-state index is 11.1. The number of carbonyl (C=O) groups excluding carboxylic acids is 1. The van der Waals surface area contributed by atoms with Gasteiger partial charge in [0, 0.05) is 5.57 Å². The third kappa shape index (κ3) is 5.35. The van der Waals surface area contributed by atoms with Crippen LogP contribution >= 0.6 is 0 Å². The van der Waals surface area contributed by atoms with Crippen molar-refractivity contribution in [1.82, 2.24) is 0 Å². The molecule has 0 amide bonds. The van der Waals surface area contributed by atoms with Crippen molar-refractivity contribution in [3.8, 4) is 0 Å². The molecule has 0 aliphatic heterocycles. The lowest BCUT2D eigenvalue weighted by Crippen LogP contribution is -2.04. The van der Waals surface area contributed by atoms with E-state index in [0.29, 0.717) is 18.6 Å². The molecule has 0 unspecified atom stereocenters. The lowest BCUT2D eigenvalue weighted by atomic mass is 10.2. The van der Waals surface area contributed by atoms with Crippen molar-refractivity contribution in [2.24, 2.45) is 5.16 Å². The summed E-state index contributed by atoms with van der Waals surface area (Å²) < 4.78 is 4.58. The number of oxime groups is 1. The zero-order valence-corrected chi connectivity index (χ0v) is 9.16. The van der Waals surface area contributed by atoms with Crippen molar-refractivity contribution in [2.45, 2.75) is 27.2 Å². The van der Waals surface area contributed by atoms with Crippen molar-refractivity contribution in [3.63, 3.8) is 0 Å². The van der Waals surface area contributed by atoms with Gasteiger partial charge in [0.1, 0.15) is 6.61 Å². The van der Waals surface area contributed by atoms with Gasteiger partial charge in [-0.15, -0.1) is 0 Å². The Balaban J connectivity index is 4.06. The molecular weight excluding hydrogens is 182 g/mol. The number of nitrogens with zero attached hydrogens (tertiary/aromatic N) is 1. The summed E-state index contributed by atoms with van der Waals surface area (Å²) >= 11 is 0. The molecule has 4 heteroatoms. The molecule has 0 radical (unpaired) electrons. The second kappa shape index (κ2) is 7.12. The molecule has 0 heterocycles. The summed E-state index contributed by atoms with van der Waals surface area (Å²) in [6.07, 6.45) is 2.31. The Labute approximate surface area is 84.6 Å². The van der Waals surface area contributed by atoms with Gasteiger partial charge in [0.05, 0.1) is 12.8 Å². The number of methoxy groups -OCH3 is 1. The quantitative estimate of drug-likeness (QED) is 0.223. The van der Waals surface area contributed by atoms with Crippen LogP contribution in [0.15, 0.2) is 16.8 Å². The van der Waals surface area contributed by atoms with E-state index in [1.54, 1.807) is 6.08 Å². The molecule has 0 saturated carbocycles. The molecule has 0 aliphatic rings. The number of hydrogen-bond donors (Lipinski definition) is 0. The highest BCUT2D eigenvalue weighted by molar-refractivity contribution is 5.88. The average Bonchev–Trinajstić information content (AvgIpc) is 2.16. The molecular formula is C10H17NO3. The summed E-state index contributed by atoms with van der Waals surface area (Å²) in [5.41, 5.74) is 1.45. The minimum Gasteiger partial charge on any atom is -0.466 e. The van der Waals surface area contributed by atoms with Gasteiger partial charge >= 0.3 is 5.97 Å². The van der Waals surface area contributed by atoms with Gasteiger partial charge in [0.15, 0.2) is 0 Å². The number of esters is 1. The number of hydrogen-bond acceptors (Lipinski definition) is 4. The zero-order valence-electron chi connectivity index (χ0n) is 9.16. The van der Waals surface area contributed by atoms with E-state index in [1.807, 2.05) is 20.8 Å². The maximum absolute atomic E-state index is 11.1. The van der Waals surface area contributed by atoms with Gasteiger partial charge < -0.3 is 9.57 Å². The SMILES string of the molecule is CCC(=CCON=C(C)C)C(=O)OC. The monoisotopic (exact) mass is 199 g/mol. The summed E-state index contributed by atoms with van der Waals surface area (Å²) in [5.74, 6) is -0.312. The molecule has 0 aliphatic carbocycles. The van der Waals surface area contributed by atoms with Crippen LogP contribution in [0.4, 0.5) is 0 Å². The lowest BCUT2D eigenvalue weighted by molar-refractivity contribution is -0.136. The summed E-state index contributed by atoms with van der Waals surface area (Å²) in [7, 11) is 1.36. The Hall–Kier alpha value is -1.32. The fraction of sp³-hybridized carbons (Fsp3) is 0.600. The smallest absolute Gasteiger partial charge is 0.333 e. The second-order valence-electron chi connectivity index (χ2n) is 2.91. The molecule has 0 fully saturated rings. The maximum Gasteiger partial charge on any atom is 0.333 e. The topological polar surface area (TPSA) is 47.9 Å². The molecule has 0 spiro atoms. The Morgan fingerprint density at radius 2 is 2.07 bits per heavy atom. The van der Waals surface area contributed by atoms with Crippen molar-refractivity contribution in [3.05, 3.63) is 11.6 Å². The van der Waals surface area contributed by atoms with E-state index in [1.165, 1.54) is 7.11 Å². The van der Waals surface area contributed by atoms with E-state index >= 15 is 0 Å². The summed E-state index contributed by atoms with van der Waals surface area (Å²) in [4.78, 5) is 16.0. The molecule has 0 aromatic heterocycles. The summed E-state index contributed by atoms with van der Waals surface area (Å²) in [6, 6.07) is 0. The molecule has 14 heavy (non-hydrogen) atoms. The van der Waals surface area contributed by atoms with E-state index < -0.39 is 0 Å². The fourth-order valence-electron chi connectivity index (χ4n) is 0.807. The lowest BCUT2D eigenvalue weighted by Gasteiger charge is -2.01. The van der Waals surface area contributed by atoms with Crippen molar-refractivity contribution in [2.75, 3.05) is 13.7 Å². The normalized spacial score (nSPS) is 10.7. The van der Waals surface area contributed by atoms with Crippen LogP contribution in [0.2, 0.25) is 0 Å². The Bertz CT molecular complexity index is 240. The first kappa shape index (κ1) is 12.7. The van der Waals surface area contributed by atoms with E-state index in [0.717, 1.165) is 5.71 Å². The highest BCUT2D eigenvalue weighted by Gasteiger charge is 2.05. The highest BCUT2D eigenvalue weighted by atomic mass is 16.6. The minimum absolute atomic E-state index is 0.295. The van der Waals surface area contributed by atoms with E-state index in [-0.39, 0.29) is 5.97 Å². The molecule has 0 bridgehead atoms. The predicted octanol–water partition coefficient (Wildman–Crippen LogP) is 1.91. The molecule has 0 saturated heterocycles. The highest BCUT2D eigenvalue weighted by Crippen LogP contribution is 2.02. The first-order valence-electron chi connectivity index (χ1n) is 4.52. The molecule has 0 aromatic rings. The van der Waals surface area contributed by atoms with E-state index in [4.69, 9.17) is 4.84 Å². The predicted molar refractivity (Wildman–Crippen MR) is 55.1 cm³/mol. The Morgan fingerprint density at radius 1 is 1.43 bits per heavy atom. The fourth-order valence-corrected chi connectivity index (χ4v) is 0.807. The van der Waals surface area contributed by atoms with Crippen molar-refractivity contribution < 1.29 is 14.4 Å². The van der Waals surface area contributed by atoms with Crippen LogP contribution in [0.5, 0.6) is 0 Å². The summed E-state index contributed by atoms with van der Waals surface area (Å²) in [6.45, 7) is 5.86. The Kier molecular flexibility index (Phi) is 6.45. The third-order valence-electron chi connectivity index (χ3n) is 1.48. The number of carbonyl (C=O) groups is 1. The second-order valence-corrected chi connectivity index (χ2v) is 2.91. The first-order chi connectivity index (χ1) is 6.61. The van der Waals surface area contributed by atoms with Crippen molar-refractivity contribution in [1.29, 1.82) is 0 Å². The van der Waals surface area contributed by atoms with Gasteiger partial charge in [0.25, 0.3) is 0 Å². The van der Waals surface area contributed by atoms with Crippen LogP contribution in [0.1, 0.15) is 27.2 Å². The number of ether oxygens (including phenoxy) is 1. The molecule has 0 atom stereocenters. The first-order valence-corrected chi connectivity index (χ1v) is 4.52. The third-order valence-corrected chi connectivity index (χ3v) is 1.48. The van der Waals surface area contributed by atoms with Gasteiger partial charge in [0.2, 0.25) is 0 Å². The van der Waals surface area contributed by atoms with E-state index in [2.05, 4.69) is 9.89 Å². The van der Waals surface area contributed by atoms with Crippen LogP contribution < -0.4 is 0 Å². The standard InChI is InChI=1S/C10H17NO3/c1-5-9(10(12)13-4)6-7-14-11-8(2)3/h6H,5,7H2,1-4H3. The van der Waals surface area contributed by atoms with E-state index in [9.17, 15) is 4.79 Å². The minimum atomic E-state index is -0.312. The summed E-state index contributed by atoms with van der Waals surface area (Å²) in [5, 5.41) is 3.74. The van der Waals surface area contributed by atoms with Gasteiger partial charge in [-0.25, -0.2) is 4.79 Å². The van der Waals surface area contributed by atoms with Crippen LogP contribution in [-0.4, -0.2) is 25.4 Å². The van der Waals surface area contributed by atoms with Crippen LogP contribution in [-0.2, 0) is 14.4 Å². The largest absolute Gasteiger partial charge is 0.466 e.